The van der Waals surface area contributed by atoms with Crippen molar-refractivity contribution < 1.29 is 27.9 Å². The summed E-state index contributed by atoms with van der Waals surface area (Å²) in [6.07, 6.45) is 1.43. The summed E-state index contributed by atoms with van der Waals surface area (Å²) >= 11 is -2.49. The largest absolute Gasteiger partial charge is 0.480 e. The Balaban J connectivity index is 1.78. The molecule has 162 valence electrons. The predicted molar refractivity (Wildman–Crippen MR) is 118 cm³/mol. The Morgan fingerprint density at radius 2 is 1.58 bits per heavy atom. The van der Waals surface area contributed by atoms with Crippen molar-refractivity contribution in [2.75, 3.05) is 9.62 Å². The van der Waals surface area contributed by atoms with Crippen molar-refractivity contribution in [2.24, 2.45) is 5.92 Å². The minimum absolute atomic E-state index is 0.214. The summed E-state index contributed by atoms with van der Waals surface area (Å²) in [5.74, 6) is -1.69. The number of carboxylic acid groups (broad SMARTS) is 1. The molecule has 0 saturated heterocycles. The van der Waals surface area contributed by atoms with Crippen molar-refractivity contribution in [1.82, 2.24) is 0 Å². The van der Waals surface area contributed by atoms with E-state index in [0.717, 1.165) is 15.4 Å². The SMILES string of the molecule is CC(C)C(C(=O)O)N(c1ccc(-c2ccc(NC(=O)c3ccco3)cc2)cc1)S(=O)O. The van der Waals surface area contributed by atoms with Gasteiger partial charge in [0.25, 0.3) is 17.2 Å². The maximum atomic E-state index is 12.0. The van der Waals surface area contributed by atoms with Gasteiger partial charge in [0.2, 0.25) is 0 Å². The normalized spacial score (nSPS) is 12.9. The zero-order valence-corrected chi connectivity index (χ0v) is 17.7. The first-order valence-corrected chi connectivity index (χ1v) is 10.5. The summed E-state index contributed by atoms with van der Waals surface area (Å²) in [5.41, 5.74) is 2.61. The van der Waals surface area contributed by atoms with Gasteiger partial charge in [-0.15, -0.1) is 0 Å². The monoisotopic (exact) mass is 442 g/mol. The number of rotatable bonds is 8. The molecule has 0 aliphatic heterocycles. The molecule has 0 radical (unpaired) electrons. The van der Waals surface area contributed by atoms with E-state index in [2.05, 4.69) is 5.32 Å². The third kappa shape index (κ3) is 5.19. The van der Waals surface area contributed by atoms with Crippen LogP contribution in [-0.2, 0) is 16.1 Å². The van der Waals surface area contributed by atoms with Gasteiger partial charge in [0.1, 0.15) is 6.04 Å². The molecule has 2 unspecified atom stereocenters. The third-order valence-electron chi connectivity index (χ3n) is 4.65. The molecule has 1 amide bonds. The molecule has 0 fully saturated rings. The van der Waals surface area contributed by atoms with Crippen LogP contribution in [0, 0.1) is 5.92 Å². The van der Waals surface area contributed by atoms with Gasteiger partial charge in [-0.1, -0.05) is 38.1 Å². The van der Waals surface area contributed by atoms with Gasteiger partial charge in [-0.25, -0.2) is 9.00 Å². The predicted octanol–water partition coefficient (Wildman–Crippen LogP) is 4.25. The molecule has 0 aliphatic rings. The lowest BCUT2D eigenvalue weighted by atomic mass is 10.0. The highest BCUT2D eigenvalue weighted by atomic mass is 32.2. The summed E-state index contributed by atoms with van der Waals surface area (Å²) < 4.78 is 27.6. The van der Waals surface area contributed by atoms with Crippen LogP contribution in [0.2, 0.25) is 0 Å². The molecular formula is C22H22N2O6S. The number of hydrogen-bond acceptors (Lipinski definition) is 4. The van der Waals surface area contributed by atoms with Gasteiger partial charge in [0, 0.05) is 5.69 Å². The highest BCUT2D eigenvalue weighted by molar-refractivity contribution is 7.80. The van der Waals surface area contributed by atoms with Gasteiger partial charge in [0.15, 0.2) is 5.76 Å². The van der Waals surface area contributed by atoms with E-state index in [1.54, 1.807) is 62.4 Å². The molecule has 2 aromatic carbocycles. The van der Waals surface area contributed by atoms with Crippen molar-refractivity contribution in [2.45, 2.75) is 19.9 Å². The number of furan rings is 1. The number of anilines is 2. The van der Waals surface area contributed by atoms with Crippen molar-refractivity contribution in [3.8, 4) is 11.1 Å². The quantitative estimate of drug-likeness (QED) is 0.449. The van der Waals surface area contributed by atoms with E-state index in [1.165, 1.54) is 6.26 Å². The average molecular weight is 442 g/mol. The van der Waals surface area contributed by atoms with E-state index in [4.69, 9.17) is 4.42 Å². The van der Waals surface area contributed by atoms with E-state index >= 15 is 0 Å². The molecule has 8 nitrogen and oxygen atoms in total. The van der Waals surface area contributed by atoms with Crippen LogP contribution < -0.4 is 9.62 Å². The second kappa shape index (κ2) is 9.59. The fraction of sp³-hybridized carbons (Fsp3) is 0.182. The second-order valence-corrected chi connectivity index (χ2v) is 7.99. The smallest absolute Gasteiger partial charge is 0.327 e. The Hall–Kier alpha value is -3.43. The van der Waals surface area contributed by atoms with E-state index in [9.17, 15) is 23.5 Å². The van der Waals surface area contributed by atoms with Crippen LogP contribution in [-0.4, -0.2) is 31.8 Å². The zero-order valence-electron chi connectivity index (χ0n) is 16.9. The maximum absolute atomic E-state index is 12.0. The fourth-order valence-electron chi connectivity index (χ4n) is 3.15. The maximum Gasteiger partial charge on any atom is 0.327 e. The Morgan fingerprint density at radius 1 is 1.00 bits per heavy atom. The highest BCUT2D eigenvalue weighted by Crippen LogP contribution is 2.28. The molecule has 0 bridgehead atoms. The lowest BCUT2D eigenvalue weighted by Crippen LogP contribution is -2.45. The molecule has 31 heavy (non-hydrogen) atoms. The minimum atomic E-state index is -2.49. The summed E-state index contributed by atoms with van der Waals surface area (Å²) in [6.45, 7) is 3.36. The van der Waals surface area contributed by atoms with E-state index in [0.29, 0.717) is 11.4 Å². The number of aliphatic carboxylic acids is 1. The first-order chi connectivity index (χ1) is 14.8. The van der Waals surface area contributed by atoms with E-state index < -0.39 is 23.3 Å². The minimum Gasteiger partial charge on any atom is -0.480 e. The number of nitrogens with zero attached hydrogens (tertiary/aromatic N) is 1. The molecule has 1 aromatic heterocycles. The Labute approximate surface area is 181 Å². The van der Waals surface area contributed by atoms with Crippen LogP contribution in [0.3, 0.4) is 0 Å². The van der Waals surface area contributed by atoms with Crippen molar-refractivity contribution >= 4 is 34.5 Å². The van der Waals surface area contributed by atoms with Crippen LogP contribution in [0.5, 0.6) is 0 Å². The van der Waals surface area contributed by atoms with Crippen molar-refractivity contribution in [3.63, 3.8) is 0 Å². The summed E-state index contributed by atoms with van der Waals surface area (Å²) in [4.78, 5) is 23.6. The van der Waals surface area contributed by atoms with Crippen LogP contribution in [0.25, 0.3) is 11.1 Å². The molecule has 0 aliphatic carbocycles. The number of benzene rings is 2. The van der Waals surface area contributed by atoms with Gasteiger partial charge in [-0.05, 0) is 53.4 Å². The van der Waals surface area contributed by atoms with Crippen LogP contribution in [0.15, 0.2) is 71.3 Å². The summed E-state index contributed by atoms with van der Waals surface area (Å²) in [5, 5.41) is 12.2. The van der Waals surface area contributed by atoms with Crippen LogP contribution in [0.4, 0.5) is 11.4 Å². The number of amides is 1. The first-order valence-electron chi connectivity index (χ1n) is 9.46. The second-order valence-electron chi connectivity index (χ2n) is 7.14. The first kappa shape index (κ1) is 22.3. The number of carbonyl (C=O) groups excluding carboxylic acids is 1. The third-order valence-corrected chi connectivity index (χ3v) is 5.42. The van der Waals surface area contributed by atoms with Gasteiger partial charge in [0.05, 0.1) is 12.0 Å². The molecule has 0 spiro atoms. The average Bonchev–Trinajstić information content (AvgIpc) is 3.27. The van der Waals surface area contributed by atoms with Gasteiger partial charge < -0.3 is 14.8 Å². The molecule has 0 saturated carbocycles. The van der Waals surface area contributed by atoms with E-state index in [-0.39, 0.29) is 17.6 Å². The molecule has 3 aromatic rings. The summed E-state index contributed by atoms with van der Waals surface area (Å²) in [6, 6.07) is 15.9. The lowest BCUT2D eigenvalue weighted by Gasteiger charge is -2.29. The van der Waals surface area contributed by atoms with Crippen LogP contribution in [0.1, 0.15) is 24.4 Å². The number of carbonyl (C=O) groups is 2. The molecule has 3 rings (SSSR count). The molecular weight excluding hydrogens is 420 g/mol. The van der Waals surface area contributed by atoms with Crippen molar-refractivity contribution in [3.05, 3.63) is 72.7 Å². The van der Waals surface area contributed by atoms with Crippen LogP contribution >= 0.6 is 0 Å². The lowest BCUT2D eigenvalue weighted by molar-refractivity contribution is -0.139. The Morgan fingerprint density at radius 3 is 2.03 bits per heavy atom. The van der Waals surface area contributed by atoms with Gasteiger partial charge in [-0.3, -0.25) is 13.7 Å². The number of carboxylic acids is 1. The standard InChI is InChI=1S/C22H22N2O6S/c1-14(2)20(22(26)27)24(31(28)29)18-11-7-16(8-12-18)15-5-9-17(10-6-15)23-21(25)19-4-3-13-30-19/h3-14,20H,1-2H3,(H,23,25)(H,26,27)(H,28,29). The number of hydrogen-bond donors (Lipinski definition) is 3. The fourth-order valence-corrected chi connectivity index (χ4v) is 3.98. The molecule has 1 heterocycles. The highest BCUT2D eigenvalue weighted by Gasteiger charge is 2.32. The summed E-state index contributed by atoms with van der Waals surface area (Å²) in [7, 11) is 0. The Kier molecular flexibility index (Phi) is 6.88. The molecule has 9 heteroatoms. The Bertz CT molecular complexity index is 1060. The number of nitrogens with one attached hydrogen (secondary N) is 1. The molecule has 3 N–H and O–H groups in total. The van der Waals surface area contributed by atoms with Gasteiger partial charge in [-0.2, -0.15) is 0 Å². The topological polar surface area (TPSA) is 120 Å². The van der Waals surface area contributed by atoms with E-state index in [1.807, 2.05) is 12.1 Å². The zero-order chi connectivity index (χ0) is 22.5. The van der Waals surface area contributed by atoms with Gasteiger partial charge >= 0.3 is 5.97 Å². The molecule has 2 atom stereocenters. The van der Waals surface area contributed by atoms with Crippen molar-refractivity contribution in [1.29, 1.82) is 0 Å².